The van der Waals surface area contributed by atoms with Gasteiger partial charge >= 0.3 is 0 Å². The van der Waals surface area contributed by atoms with Crippen LogP contribution in [-0.4, -0.2) is 5.11 Å². The molecule has 0 unspecified atom stereocenters. The first-order chi connectivity index (χ1) is 8.75. The molecule has 4 aromatic rings. The van der Waals surface area contributed by atoms with Gasteiger partial charge in [-0.25, -0.2) is 0 Å². The second-order valence-corrected chi connectivity index (χ2v) is 5.41. The van der Waals surface area contributed by atoms with Gasteiger partial charge in [-0.2, -0.15) is 0 Å². The van der Waals surface area contributed by atoms with Crippen molar-refractivity contribution in [1.29, 1.82) is 0 Å². The smallest absolute Gasteiger partial charge is 0.123 e. The number of rotatable bonds is 0. The van der Waals surface area contributed by atoms with Gasteiger partial charge in [0.1, 0.15) is 5.75 Å². The summed E-state index contributed by atoms with van der Waals surface area (Å²) < 4.78 is 1.09. The van der Waals surface area contributed by atoms with Gasteiger partial charge in [-0.3, -0.25) is 0 Å². The van der Waals surface area contributed by atoms with Crippen molar-refractivity contribution in [2.75, 3.05) is 0 Å². The average molecular weight is 297 g/mol. The summed E-state index contributed by atoms with van der Waals surface area (Å²) in [6.07, 6.45) is 0. The first-order valence-corrected chi connectivity index (χ1v) is 6.60. The Hall–Kier alpha value is -1.80. The minimum absolute atomic E-state index is 0.344. The summed E-state index contributed by atoms with van der Waals surface area (Å²) in [6, 6.07) is 16.2. The molecule has 0 bridgehead atoms. The molecular formula is C16H9BrO. The molecule has 0 saturated heterocycles. The highest BCUT2D eigenvalue weighted by Gasteiger charge is 2.11. The zero-order valence-electron chi connectivity index (χ0n) is 9.44. The molecule has 1 N–H and O–H groups in total. The van der Waals surface area contributed by atoms with Gasteiger partial charge in [0.25, 0.3) is 0 Å². The van der Waals surface area contributed by atoms with Gasteiger partial charge in [0, 0.05) is 15.2 Å². The number of hydrogen-bond donors (Lipinski definition) is 1. The second kappa shape index (κ2) is 3.36. The van der Waals surface area contributed by atoms with Crippen molar-refractivity contribution in [2.45, 2.75) is 0 Å². The van der Waals surface area contributed by atoms with E-state index >= 15 is 0 Å². The van der Waals surface area contributed by atoms with Gasteiger partial charge < -0.3 is 5.11 Å². The van der Waals surface area contributed by atoms with Crippen LogP contribution >= 0.6 is 15.9 Å². The van der Waals surface area contributed by atoms with Crippen LogP contribution in [0, 0.1) is 0 Å². The number of phenols is 1. The number of aromatic hydroxyl groups is 1. The van der Waals surface area contributed by atoms with Crippen molar-refractivity contribution >= 4 is 48.2 Å². The molecule has 2 heteroatoms. The largest absolute Gasteiger partial charge is 0.507 e. The van der Waals surface area contributed by atoms with Crippen LogP contribution in [0.4, 0.5) is 0 Å². The van der Waals surface area contributed by atoms with Crippen LogP contribution in [0.1, 0.15) is 0 Å². The Bertz CT molecular complexity index is 821. The predicted octanol–water partition coefficient (Wildman–Crippen LogP) is 5.05. The van der Waals surface area contributed by atoms with E-state index in [-0.39, 0.29) is 0 Å². The fourth-order valence-electron chi connectivity index (χ4n) is 2.75. The molecule has 0 amide bonds. The van der Waals surface area contributed by atoms with Gasteiger partial charge in [0.05, 0.1) is 0 Å². The lowest BCUT2D eigenvalue weighted by molar-refractivity contribution is 0.482. The van der Waals surface area contributed by atoms with E-state index in [1.807, 2.05) is 12.1 Å². The number of halogens is 1. The lowest BCUT2D eigenvalue weighted by Gasteiger charge is -2.12. The molecule has 0 aliphatic carbocycles. The predicted molar refractivity (Wildman–Crippen MR) is 79.5 cm³/mol. The molecule has 1 nitrogen and oxygen atoms in total. The molecular weight excluding hydrogens is 288 g/mol. The fourth-order valence-corrected chi connectivity index (χ4v) is 3.21. The van der Waals surface area contributed by atoms with Gasteiger partial charge in [-0.1, -0.05) is 46.3 Å². The highest BCUT2D eigenvalue weighted by molar-refractivity contribution is 9.10. The van der Waals surface area contributed by atoms with Crippen molar-refractivity contribution in [3.8, 4) is 5.75 Å². The van der Waals surface area contributed by atoms with E-state index in [1.54, 1.807) is 6.07 Å². The quantitative estimate of drug-likeness (QED) is 0.450. The van der Waals surface area contributed by atoms with Crippen molar-refractivity contribution in [3.05, 3.63) is 53.0 Å². The van der Waals surface area contributed by atoms with Gasteiger partial charge in [0.15, 0.2) is 0 Å². The molecule has 0 aliphatic heterocycles. The molecule has 0 fully saturated rings. The standard InChI is InChI=1S/C16H9BrO/c17-13-7-3-9-1-2-10-4-8-14(18)12-6-5-11(13)15(9)16(10)12/h1-8,18H. The fraction of sp³-hybridized carbons (Fsp3) is 0. The summed E-state index contributed by atoms with van der Waals surface area (Å²) in [5.41, 5.74) is 0. The molecule has 0 aliphatic rings. The van der Waals surface area contributed by atoms with Crippen molar-refractivity contribution in [1.82, 2.24) is 0 Å². The Labute approximate surface area is 112 Å². The Balaban J connectivity index is 2.47. The zero-order valence-corrected chi connectivity index (χ0v) is 11.0. The van der Waals surface area contributed by atoms with E-state index in [1.165, 1.54) is 21.5 Å². The van der Waals surface area contributed by atoms with Crippen LogP contribution in [0.3, 0.4) is 0 Å². The number of benzene rings is 4. The maximum absolute atomic E-state index is 10.0. The first kappa shape index (κ1) is 10.2. The third-order valence-electron chi connectivity index (χ3n) is 3.59. The van der Waals surface area contributed by atoms with E-state index in [0.29, 0.717) is 5.75 Å². The molecule has 0 spiro atoms. The maximum Gasteiger partial charge on any atom is 0.123 e. The minimum atomic E-state index is 0.344. The van der Waals surface area contributed by atoms with Crippen molar-refractivity contribution < 1.29 is 5.11 Å². The lowest BCUT2D eigenvalue weighted by Crippen LogP contribution is -1.84. The van der Waals surface area contributed by atoms with Crippen LogP contribution in [0.5, 0.6) is 5.75 Å². The van der Waals surface area contributed by atoms with Gasteiger partial charge in [0.2, 0.25) is 0 Å². The Morgan fingerprint density at radius 2 is 1.22 bits per heavy atom. The van der Waals surface area contributed by atoms with Crippen LogP contribution < -0.4 is 0 Å². The van der Waals surface area contributed by atoms with Gasteiger partial charge in [-0.15, -0.1) is 0 Å². The van der Waals surface area contributed by atoms with E-state index in [2.05, 4.69) is 46.3 Å². The number of phenolic OH excluding ortho intramolecular Hbond substituents is 1. The summed E-state index contributed by atoms with van der Waals surface area (Å²) in [7, 11) is 0. The maximum atomic E-state index is 10.0. The summed E-state index contributed by atoms with van der Waals surface area (Å²) >= 11 is 3.60. The van der Waals surface area contributed by atoms with E-state index in [4.69, 9.17) is 0 Å². The lowest BCUT2D eigenvalue weighted by atomic mass is 9.94. The topological polar surface area (TPSA) is 20.2 Å². The van der Waals surface area contributed by atoms with Crippen LogP contribution in [0.25, 0.3) is 32.3 Å². The molecule has 86 valence electrons. The zero-order chi connectivity index (χ0) is 12.3. The Morgan fingerprint density at radius 1 is 0.667 bits per heavy atom. The Kier molecular flexibility index (Phi) is 1.90. The molecule has 0 aromatic heterocycles. The molecule has 0 radical (unpaired) electrons. The van der Waals surface area contributed by atoms with E-state index < -0.39 is 0 Å². The highest BCUT2D eigenvalue weighted by Crippen LogP contribution is 2.40. The van der Waals surface area contributed by atoms with Crippen LogP contribution in [0.15, 0.2) is 53.0 Å². The summed E-state index contributed by atoms with van der Waals surface area (Å²) in [4.78, 5) is 0. The van der Waals surface area contributed by atoms with Crippen molar-refractivity contribution in [3.63, 3.8) is 0 Å². The van der Waals surface area contributed by atoms with E-state index in [0.717, 1.165) is 15.2 Å². The third kappa shape index (κ3) is 1.16. The SMILES string of the molecule is Oc1ccc2ccc3ccc(Br)c4ccc1c2c34. The summed E-state index contributed by atoms with van der Waals surface area (Å²) in [5.74, 6) is 0.344. The average Bonchev–Trinajstić information content (AvgIpc) is 2.40. The molecule has 4 rings (SSSR count). The van der Waals surface area contributed by atoms with Gasteiger partial charge in [-0.05, 0) is 39.7 Å². The molecule has 4 aromatic carbocycles. The second-order valence-electron chi connectivity index (χ2n) is 4.55. The first-order valence-electron chi connectivity index (χ1n) is 5.81. The van der Waals surface area contributed by atoms with Crippen LogP contribution in [0.2, 0.25) is 0 Å². The highest BCUT2D eigenvalue weighted by atomic mass is 79.9. The third-order valence-corrected chi connectivity index (χ3v) is 4.28. The summed E-state index contributed by atoms with van der Waals surface area (Å²) in [6.45, 7) is 0. The van der Waals surface area contributed by atoms with E-state index in [9.17, 15) is 5.11 Å². The van der Waals surface area contributed by atoms with Crippen LogP contribution in [-0.2, 0) is 0 Å². The normalized spacial score (nSPS) is 11.8. The monoisotopic (exact) mass is 296 g/mol. The Morgan fingerprint density at radius 3 is 2.00 bits per heavy atom. The molecule has 0 saturated carbocycles. The molecule has 18 heavy (non-hydrogen) atoms. The minimum Gasteiger partial charge on any atom is -0.507 e. The summed E-state index contributed by atoms with van der Waals surface area (Å²) in [5, 5.41) is 16.8. The molecule has 0 heterocycles. The molecule has 0 atom stereocenters. The van der Waals surface area contributed by atoms with Crippen molar-refractivity contribution in [2.24, 2.45) is 0 Å². The number of hydrogen-bond acceptors (Lipinski definition) is 1.